The van der Waals surface area contributed by atoms with Crippen molar-refractivity contribution in [2.45, 2.75) is 6.54 Å². The van der Waals surface area contributed by atoms with Crippen LogP contribution in [0.3, 0.4) is 0 Å². The van der Waals surface area contributed by atoms with E-state index >= 15 is 0 Å². The first-order valence-corrected chi connectivity index (χ1v) is 6.88. The second-order valence-corrected chi connectivity index (χ2v) is 5.56. The van der Waals surface area contributed by atoms with Crippen molar-refractivity contribution in [2.24, 2.45) is 0 Å². The second-order valence-electron chi connectivity index (χ2n) is 3.85. The summed E-state index contributed by atoms with van der Waals surface area (Å²) < 4.78 is 40.2. The van der Waals surface area contributed by atoms with Gasteiger partial charge in [-0.3, -0.25) is 0 Å². The van der Waals surface area contributed by atoms with Gasteiger partial charge in [-0.2, -0.15) is 0 Å². The third-order valence-corrected chi connectivity index (χ3v) is 3.69. The van der Waals surface area contributed by atoms with Crippen LogP contribution in [-0.4, -0.2) is 0 Å². The van der Waals surface area contributed by atoms with Crippen molar-refractivity contribution in [3.8, 4) is 0 Å². The molecule has 2 rings (SSSR count). The molecule has 0 radical (unpaired) electrons. The van der Waals surface area contributed by atoms with Crippen LogP contribution < -0.4 is 5.32 Å². The first-order valence-electron chi connectivity index (χ1n) is 5.29. The van der Waals surface area contributed by atoms with Gasteiger partial charge in [0.1, 0.15) is 17.5 Å². The topological polar surface area (TPSA) is 12.0 Å². The molecule has 2 aromatic rings. The van der Waals surface area contributed by atoms with Crippen LogP contribution in [0.4, 0.5) is 18.9 Å². The lowest BCUT2D eigenvalue weighted by molar-refractivity contribution is 0.583. The van der Waals surface area contributed by atoms with E-state index in [0.717, 1.165) is 11.6 Å². The fraction of sp³-hybridized carbons (Fsp3) is 0.0769. The fourth-order valence-electron chi connectivity index (χ4n) is 1.55. The molecule has 0 unspecified atom stereocenters. The van der Waals surface area contributed by atoms with Crippen molar-refractivity contribution in [2.75, 3.05) is 5.32 Å². The molecule has 19 heavy (non-hydrogen) atoms. The van der Waals surface area contributed by atoms with Gasteiger partial charge in [-0.15, -0.1) is 0 Å². The molecule has 1 N–H and O–H groups in total. The highest BCUT2D eigenvalue weighted by molar-refractivity contribution is 9.10. The summed E-state index contributed by atoms with van der Waals surface area (Å²) in [5.74, 6) is -1.70. The number of rotatable bonds is 3. The van der Waals surface area contributed by atoms with Crippen molar-refractivity contribution >= 4 is 37.5 Å². The Kier molecular flexibility index (Phi) is 4.52. The monoisotopic (exact) mass is 393 g/mol. The maximum Gasteiger partial charge on any atom is 0.150 e. The minimum absolute atomic E-state index is 0.168. The van der Waals surface area contributed by atoms with Gasteiger partial charge in [0.25, 0.3) is 0 Å². The van der Waals surface area contributed by atoms with Crippen molar-refractivity contribution in [1.29, 1.82) is 0 Å². The average Bonchev–Trinajstić information content (AvgIpc) is 2.32. The van der Waals surface area contributed by atoms with Gasteiger partial charge < -0.3 is 5.32 Å². The quantitative estimate of drug-likeness (QED) is 0.750. The van der Waals surface area contributed by atoms with Gasteiger partial charge in [-0.1, -0.05) is 6.07 Å². The molecule has 1 nitrogen and oxygen atoms in total. The number of nitrogens with one attached hydrogen (secondary N) is 1. The first-order chi connectivity index (χ1) is 8.97. The summed E-state index contributed by atoms with van der Waals surface area (Å²) in [6.07, 6.45) is 0. The third kappa shape index (κ3) is 3.51. The highest BCUT2D eigenvalue weighted by Crippen LogP contribution is 2.27. The Hall–Kier alpha value is -1.01. The van der Waals surface area contributed by atoms with Gasteiger partial charge in [0.2, 0.25) is 0 Å². The van der Waals surface area contributed by atoms with E-state index in [2.05, 4.69) is 37.2 Å². The molecular formula is C13H8Br2F3N. The van der Waals surface area contributed by atoms with Crippen molar-refractivity contribution < 1.29 is 13.2 Å². The first kappa shape index (κ1) is 14.4. The standard InChI is InChI=1S/C13H8Br2F3N/c14-9-3-7(1-2-11(9)17)6-19-13-10(15)4-8(16)5-12(13)18/h1-5,19H,6H2. The lowest BCUT2D eigenvalue weighted by Crippen LogP contribution is -2.03. The van der Waals surface area contributed by atoms with Crippen LogP contribution in [0.1, 0.15) is 5.56 Å². The summed E-state index contributed by atoms with van der Waals surface area (Å²) in [4.78, 5) is 0. The summed E-state index contributed by atoms with van der Waals surface area (Å²) in [6, 6.07) is 6.47. The molecule has 0 amide bonds. The number of hydrogen-bond donors (Lipinski definition) is 1. The Balaban J connectivity index is 2.16. The second kappa shape index (κ2) is 5.96. The van der Waals surface area contributed by atoms with Crippen LogP contribution in [0.5, 0.6) is 0 Å². The van der Waals surface area contributed by atoms with E-state index in [9.17, 15) is 13.2 Å². The zero-order valence-electron chi connectivity index (χ0n) is 9.48. The molecule has 0 heterocycles. The molecule has 6 heteroatoms. The lowest BCUT2D eigenvalue weighted by atomic mass is 10.2. The molecule has 100 valence electrons. The smallest absolute Gasteiger partial charge is 0.150 e. The van der Waals surface area contributed by atoms with Crippen LogP contribution >= 0.6 is 31.9 Å². The van der Waals surface area contributed by atoms with E-state index in [1.54, 1.807) is 12.1 Å². The summed E-state index contributed by atoms with van der Waals surface area (Å²) in [6.45, 7) is 0.292. The highest BCUT2D eigenvalue weighted by Gasteiger charge is 2.09. The van der Waals surface area contributed by atoms with Crippen LogP contribution in [0, 0.1) is 17.5 Å². The minimum Gasteiger partial charge on any atom is -0.378 e. The highest BCUT2D eigenvalue weighted by atomic mass is 79.9. The molecule has 0 bridgehead atoms. The molecule has 2 aromatic carbocycles. The van der Waals surface area contributed by atoms with Crippen molar-refractivity contribution in [3.63, 3.8) is 0 Å². The Morgan fingerprint density at radius 2 is 1.63 bits per heavy atom. The molecule has 0 aliphatic heterocycles. The van der Waals surface area contributed by atoms with Crippen LogP contribution in [0.2, 0.25) is 0 Å². The molecule has 0 aliphatic carbocycles. The maximum absolute atomic E-state index is 13.6. The summed E-state index contributed by atoms with van der Waals surface area (Å²) in [7, 11) is 0. The van der Waals surface area contributed by atoms with Gasteiger partial charge in [-0.25, -0.2) is 13.2 Å². The van der Waals surface area contributed by atoms with E-state index in [0.29, 0.717) is 15.5 Å². The predicted molar refractivity (Wildman–Crippen MR) is 75.5 cm³/mol. The number of halogens is 5. The molecule has 0 fully saturated rings. The van der Waals surface area contributed by atoms with E-state index in [1.807, 2.05) is 0 Å². The largest absolute Gasteiger partial charge is 0.378 e. The van der Waals surface area contributed by atoms with Crippen LogP contribution in [0.25, 0.3) is 0 Å². The number of anilines is 1. The number of hydrogen-bond acceptors (Lipinski definition) is 1. The van der Waals surface area contributed by atoms with Gasteiger partial charge in [0, 0.05) is 17.1 Å². The summed E-state index contributed by atoms with van der Waals surface area (Å²) in [5.41, 5.74) is 0.936. The van der Waals surface area contributed by atoms with Crippen molar-refractivity contribution in [1.82, 2.24) is 0 Å². The Morgan fingerprint density at radius 1 is 0.895 bits per heavy atom. The zero-order valence-corrected chi connectivity index (χ0v) is 12.7. The Labute approximate surface area is 125 Å². The Morgan fingerprint density at radius 3 is 2.26 bits per heavy atom. The zero-order chi connectivity index (χ0) is 14.0. The van der Waals surface area contributed by atoms with Crippen LogP contribution in [0.15, 0.2) is 39.3 Å². The third-order valence-electron chi connectivity index (χ3n) is 2.46. The van der Waals surface area contributed by atoms with Crippen molar-refractivity contribution in [3.05, 3.63) is 62.3 Å². The van der Waals surface area contributed by atoms with E-state index in [-0.39, 0.29) is 11.5 Å². The molecule has 0 aliphatic rings. The van der Waals surface area contributed by atoms with E-state index in [1.165, 1.54) is 12.1 Å². The molecular weight excluding hydrogens is 387 g/mol. The number of benzene rings is 2. The van der Waals surface area contributed by atoms with Gasteiger partial charge in [0.05, 0.1) is 10.2 Å². The molecule has 0 saturated carbocycles. The van der Waals surface area contributed by atoms with E-state index < -0.39 is 11.6 Å². The van der Waals surface area contributed by atoms with Gasteiger partial charge in [0.15, 0.2) is 0 Å². The SMILES string of the molecule is Fc1cc(F)c(NCc2ccc(F)c(Br)c2)c(Br)c1. The summed E-state index contributed by atoms with van der Waals surface area (Å²) >= 11 is 6.16. The fourth-order valence-corrected chi connectivity index (χ4v) is 2.53. The molecule has 0 aromatic heterocycles. The molecule has 0 spiro atoms. The normalized spacial score (nSPS) is 10.6. The minimum atomic E-state index is -0.687. The predicted octanol–water partition coefficient (Wildman–Crippen LogP) is 5.24. The summed E-state index contributed by atoms with van der Waals surface area (Å²) in [5, 5.41) is 2.84. The molecule has 0 atom stereocenters. The lowest BCUT2D eigenvalue weighted by Gasteiger charge is -2.10. The molecule has 0 saturated heterocycles. The average molecular weight is 395 g/mol. The van der Waals surface area contributed by atoms with Gasteiger partial charge >= 0.3 is 0 Å². The van der Waals surface area contributed by atoms with Crippen LogP contribution in [-0.2, 0) is 6.54 Å². The maximum atomic E-state index is 13.6. The Bertz CT molecular complexity index is 594. The van der Waals surface area contributed by atoms with E-state index in [4.69, 9.17) is 0 Å². The van der Waals surface area contributed by atoms with Gasteiger partial charge in [-0.05, 0) is 55.6 Å².